The van der Waals surface area contributed by atoms with Crippen LogP contribution in [0.2, 0.25) is 0 Å². The molecule has 12 heavy (non-hydrogen) atoms. The van der Waals surface area contributed by atoms with Crippen LogP contribution in [0.4, 0.5) is 11.9 Å². The fourth-order valence-corrected chi connectivity index (χ4v) is 0.854. The normalized spacial score (nSPS) is 9.83. The number of hydrogen-bond acceptors (Lipinski definition) is 5. The molecule has 0 radical (unpaired) electrons. The van der Waals surface area contributed by atoms with Gasteiger partial charge in [-0.05, 0) is 6.92 Å². The van der Waals surface area contributed by atoms with Gasteiger partial charge >= 0.3 is 0 Å². The number of anilines is 2. The Morgan fingerprint density at radius 1 is 1.42 bits per heavy atom. The maximum Gasteiger partial charge on any atom is 0.227 e. The van der Waals surface area contributed by atoms with Gasteiger partial charge in [-0.2, -0.15) is 15.0 Å². The molecule has 0 aliphatic carbocycles. The van der Waals surface area contributed by atoms with Gasteiger partial charge in [-0.3, -0.25) is 0 Å². The Balaban J connectivity index is 2.90. The number of nitrogens with one attached hydrogen (secondary N) is 1. The zero-order valence-corrected chi connectivity index (χ0v) is 7.47. The molecule has 0 atom stereocenters. The summed E-state index contributed by atoms with van der Waals surface area (Å²) in [6.07, 6.45) is 0. The van der Waals surface area contributed by atoms with Crippen LogP contribution in [0.3, 0.4) is 0 Å². The van der Waals surface area contributed by atoms with Crippen molar-refractivity contribution in [2.75, 3.05) is 17.6 Å². The molecular formula is C6H10ClN5. The van der Waals surface area contributed by atoms with E-state index < -0.39 is 0 Å². The van der Waals surface area contributed by atoms with E-state index in [0.717, 1.165) is 6.54 Å². The summed E-state index contributed by atoms with van der Waals surface area (Å²) in [7, 11) is 0. The highest BCUT2D eigenvalue weighted by Gasteiger charge is 2.00. The first-order valence-electron chi connectivity index (χ1n) is 3.56. The average molecular weight is 188 g/mol. The molecule has 0 bridgehead atoms. The Kier molecular flexibility index (Phi) is 3.04. The number of hydrogen-bond donors (Lipinski definition) is 2. The number of nitrogen functional groups attached to an aromatic ring is 1. The van der Waals surface area contributed by atoms with Gasteiger partial charge in [-0.15, -0.1) is 11.6 Å². The summed E-state index contributed by atoms with van der Waals surface area (Å²) >= 11 is 5.53. The summed E-state index contributed by atoms with van der Waals surface area (Å²) in [5.74, 6) is 1.39. The molecule has 0 aromatic carbocycles. The van der Waals surface area contributed by atoms with Gasteiger partial charge in [0.1, 0.15) is 0 Å². The van der Waals surface area contributed by atoms with Crippen LogP contribution in [-0.2, 0) is 5.88 Å². The molecule has 0 saturated carbocycles. The summed E-state index contributed by atoms with van der Waals surface area (Å²) in [5, 5.41) is 2.92. The van der Waals surface area contributed by atoms with Crippen LogP contribution in [-0.4, -0.2) is 21.5 Å². The molecule has 1 aromatic heterocycles. The second-order valence-corrected chi connectivity index (χ2v) is 2.36. The third-order valence-corrected chi connectivity index (χ3v) is 1.39. The Bertz CT molecular complexity index is 264. The molecule has 1 aromatic rings. The van der Waals surface area contributed by atoms with Gasteiger partial charge in [-0.1, -0.05) is 0 Å². The van der Waals surface area contributed by atoms with E-state index in [1.165, 1.54) is 0 Å². The van der Waals surface area contributed by atoms with Crippen LogP contribution in [0, 0.1) is 0 Å². The fourth-order valence-electron chi connectivity index (χ4n) is 0.735. The third kappa shape index (κ3) is 2.20. The molecule has 0 saturated heterocycles. The zero-order valence-electron chi connectivity index (χ0n) is 6.71. The molecule has 0 amide bonds. The lowest BCUT2D eigenvalue weighted by atomic mass is 10.6. The quantitative estimate of drug-likeness (QED) is 0.679. The first-order chi connectivity index (χ1) is 5.76. The van der Waals surface area contributed by atoms with Crippen LogP contribution in [0.15, 0.2) is 0 Å². The monoisotopic (exact) mass is 187 g/mol. The molecule has 1 heterocycles. The first kappa shape index (κ1) is 8.99. The smallest absolute Gasteiger partial charge is 0.227 e. The zero-order chi connectivity index (χ0) is 8.97. The van der Waals surface area contributed by atoms with E-state index in [2.05, 4.69) is 20.3 Å². The fraction of sp³-hybridized carbons (Fsp3) is 0.500. The minimum Gasteiger partial charge on any atom is -0.368 e. The largest absolute Gasteiger partial charge is 0.368 e. The molecule has 1 rings (SSSR count). The van der Waals surface area contributed by atoms with Gasteiger partial charge in [0, 0.05) is 6.54 Å². The highest BCUT2D eigenvalue weighted by molar-refractivity contribution is 6.16. The highest BCUT2D eigenvalue weighted by atomic mass is 35.5. The van der Waals surface area contributed by atoms with Crippen LogP contribution >= 0.6 is 11.6 Å². The molecule has 0 fully saturated rings. The maximum atomic E-state index is 5.53. The number of nitrogens with two attached hydrogens (primary N) is 1. The molecule has 66 valence electrons. The number of nitrogens with zero attached hydrogens (tertiary/aromatic N) is 3. The maximum absolute atomic E-state index is 5.53. The second kappa shape index (κ2) is 4.06. The van der Waals surface area contributed by atoms with Crippen molar-refractivity contribution in [1.29, 1.82) is 0 Å². The van der Waals surface area contributed by atoms with Crippen molar-refractivity contribution in [1.82, 2.24) is 15.0 Å². The van der Waals surface area contributed by atoms with Crippen molar-refractivity contribution in [3.05, 3.63) is 5.82 Å². The van der Waals surface area contributed by atoms with E-state index in [4.69, 9.17) is 17.3 Å². The molecule has 5 nitrogen and oxygen atoms in total. The topological polar surface area (TPSA) is 76.7 Å². The van der Waals surface area contributed by atoms with Crippen molar-refractivity contribution in [2.24, 2.45) is 0 Å². The van der Waals surface area contributed by atoms with Gasteiger partial charge in [0.05, 0.1) is 5.88 Å². The predicted molar refractivity (Wildman–Crippen MR) is 48.0 cm³/mol. The van der Waals surface area contributed by atoms with E-state index in [1.807, 2.05) is 6.92 Å². The van der Waals surface area contributed by atoms with Crippen LogP contribution < -0.4 is 11.1 Å². The van der Waals surface area contributed by atoms with Crippen LogP contribution in [0.1, 0.15) is 12.7 Å². The number of halogens is 1. The summed E-state index contributed by atoms with van der Waals surface area (Å²) < 4.78 is 0. The third-order valence-electron chi connectivity index (χ3n) is 1.15. The minimum atomic E-state index is 0.191. The Morgan fingerprint density at radius 2 is 2.17 bits per heavy atom. The van der Waals surface area contributed by atoms with E-state index in [-0.39, 0.29) is 11.8 Å². The lowest BCUT2D eigenvalue weighted by Gasteiger charge is -2.02. The van der Waals surface area contributed by atoms with Crippen LogP contribution in [0.25, 0.3) is 0 Å². The Hall–Kier alpha value is -1.10. The Labute approximate surface area is 75.4 Å². The molecule has 0 aliphatic rings. The van der Waals surface area contributed by atoms with Crippen molar-refractivity contribution in [3.63, 3.8) is 0 Å². The summed E-state index contributed by atoms with van der Waals surface area (Å²) in [4.78, 5) is 11.7. The standard InChI is InChI=1S/C6H10ClN5/c1-2-9-6-11-4(3-7)10-5(8)12-6/h2-3H2,1H3,(H3,8,9,10,11,12). The van der Waals surface area contributed by atoms with Crippen molar-refractivity contribution in [2.45, 2.75) is 12.8 Å². The number of rotatable bonds is 3. The van der Waals surface area contributed by atoms with Crippen molar-refractivity contribution in [3.8, 4) is 0 Å². The molecule has 6 heteroatoms. The van der Waals surface area contributed by atoms with Crippen molar-refractivity contribution >= 4 is 23.5 Å². The lowest BCUT2D eigenvalue weighted by Crippen LogP contribution is -2.08. The van der Waals surface area contributed by atoms with E-state index in [9.17, 15) is 0 Å². The molecule has 3 N–H and O–H groups in total. The highest BCUT2D eigenvalue weighted by Crippen LogP contribution is 2.03. The summed E-state index contributed by atoms with van der Waals surface area (Å²) in [6, 6.07) is 0. The number of alkyl halides is 1. The lowest BCUT2D eigenvalue weighted by molar-refractivity contribution is 0.960. The van der Waals surface area contributed by atoms with E-state index in [1.54, 1.807) is 0 Å². The SMILES string of the molecule is CCNc1nc(N)nc(CCl)n1. The average Bonchev–Trinajstić information content (AvgIpc) is 2.04. The predicted octanol–water partition coefficient (Wildman–Crippen LogP) is 0.624. The van der Waals surface area contributed by atoms with Gasteiger partial charge in [-0.25, -0.2) is 0 Å². The van der Waals surface area contributed by atoms with Crippen molar-refractivity contribution < 1.29 is 0 Å². The van der Waals surface area contributed by atoms with Gasteiger partial charge < -0.3 is 11.1 Å². The second-order valence-electron chi connectivity index (χ2n) is 2.10. The van der Waals surface area contributed by atoms with Gasteiger partial charge in [0.25, 0.3) is 0 Å². The Morgan fingerprint density at radius 3 is 2.75 bits per heavy atom. The van der Waals surface area contributed by atoms with Gasteiger partial charge in [0.15, 0.2) is 5.82 Å². The van der Waals surface area contributed by atoms with E-state index in [0.29, 0.717) is 11.8 Å². The molecular weight excluding hydrogens is 178 g/mol. The molecule has 0 aliphatic heterocycles. The summed E-state index contributed by atoms with van der Waals surface area (Å²) in [5.41, 5.74) is 5.40. The number of aromatic nitrogens is 3. The summed E-state index contributed by atoms with van der Waals surface area (Å²) in [6.45, 7) is 2.69. The van der Waals surface area contributed by atoms with Crippen LogP contribution in [0.5, 0.6) is 0 Å². The molecule has 0 unspecified atom stereocenters. The van der Waals surface area contributed by atoms with E-state index >= 15 is 0 Å². The minimum absolute atomic E-state index is 0.191. The molecule has 0 spiro atoms. The first-order valence-corrected chi connectivity index (χ1v) is 4.10. The van der Waals surface area contributed by atoms with Gasteiger partial charge in [0.2, 0.25) is 11.9 Å².